The van der Waals surface area contributed by atoms with Crippen molar-refractivity contribution in [2.75, 3.05) is 0 Å². The van der Waals surface area contributed by atoms with E-state index in [0.717, 1.165) is 22.1 Å². The lowest BCUT2D eigenvalue weighted by Gasteiger charge is -2.36. The zero-order valence-electron chi connectivity index (χ0n) is 18.7. The van der Waals surface area contributed by atoms with E-state index in [9.17, 15) is 9.59 Å². The second-order valence-corrected chi connectivity index (χ2v) is 15.0. The largest absolute Gasteiger partial charge is 0.301 e. The average molecular weight is 442 g/mol. The maximum absolute atomic E-state index is 14.0. The Morgan fingerprint density at radius 2 is 1.12 bits per heavy atom. The Morgan fingerprint density at radius 1 is 0.719 bits per heavy atom. The summed E-state index contributed by atoms with van der Waals surface area (Å²) in [6.45, 7) is 10.5. The van der Waals surface area contributed by atoms with Crippen molar-refractivity contribution in [2.45, 2.75) is 38.9 Å². The Kier molecular flexibility index (Phi) is 3.50. The maximum atomic E-state index is 14.0. The third-order valence-electron chi connectivity index (χ3n) is 7.20. The monoisotopic (exact) mass is 441 g/mol. The third kappa shape index (κ3) is 2.15. The first-order valence-electron chi connectivity index (χ1n) is 10.7. The Hall–Kier alpha value is -3.52. The van der Waals surface area contributed by atoms with E-state index >= 15 is 0 Å². The highest BCUT2D eigenvalue weighted by Crippen LogP contribution is 2.36. The zero-order valence-corrected chi connectivity index (χ0v) is 19.7. The van der Waals surface area contributed by atoms with Crippen LogP contribution in [0, 0.1) is 0 Å². The summed E-state index contributed by atoms with van der Waals surface area (Å²) in [4.78, 5) is 37.7. The summed E-state index contributed by atoms with van der Waals surface area (Å²) in [6.07, 6.45) is 0. The molecule has 0 aliphatic rings. The summed E-state index contributed by atoms with van der Waals surface area (Å²) in [5.41, 5.74) is 4.55. The van der Waals surface area contributed by atoms with Gasteiger partial charge in [0.15, 0.2) is 19.5 Å². The van der Waals surface area contributed by atoms with Gasteiger partial charge in [0.2, 0.25) is 0 Å². The van der Waals surface area contributed by atoms with Crippen LogP contribution >= 0.6 is 0 Å². The van der Waals surface area contributed by atoms with Crippen molar-refractivity contribution in [2.24, 2.45) is 0 Å². The van der Waals surface area contributed by atoms with Crippen LogP contribution < -0.4 is 11.1 Å². The molecular formula is C24H23N5O2Si. The van der Waals surface area contributed by atoms with Gasteiger partial charge in [-0.1, -0.05) is 58.1 Å². The smallest absolute Gasteiger partial charge is 0.272 e. The van der Waals surface area contributed by atoms with Crippen molar-refractivity contribution < 1.29 is 0 Å². The topological polar surface area (TPSA) is 73.7 Å². The van der Waals surface area contributed by atoms with E-state index in [0.29, 0.717) is 22.3 Å². The van der Waals surface area contributed by atoms with Crippen LogP contribution in [0.15, 0.2) is 58.1 Å². The van der Waals surface area contributed by atoms with Gasteiger partial charge in [0.05, 0.1) is 22.1 Å². The van der Waals surface area contributed by atoms with Gasteiger partial charge in [0.25, 0.3) is 11.1 Å². The van der Waals surface area contributed by atoms with Crippen LogP contribution in [0.4, 0.5) is 0 Å². The molecule has 6 rings (SSSR count). The highest BCUT2D eigenvalue weighted by atomic mass is 28.3. The second kappa shape index (κ2) is 5.83. The van der Waals surface area contributed by atoms with E-state index in [-0.39, 0.29) is 16.2 Å². The van der Waals surface area contributed by atoms with Gasteiger partial charge in [-0.15, -0.1) is 0 Å². The van der Waals surface area contributed by atoms with E-state index < -0.39 is 8.24 Å². The van der Waals surface area contributed by atoms with Crippen LogP contribution in [0.25, 0.3) is 44.4 Å². The highest BCUT2D eigenvalue weighted by Gasteiger charge is 2.42. The predicted octanol–water partition coefficient (Wildman–Crippen LogP) is 4.25. The normalized spacial score (nSPS) is 13.4. The van der Waals surface area contributed by atoms with Gasteiger partial charge in [-0.25, -0.2) is 9.97 Å². The lowest BCUT2D eigenvalue weighted by atomic mass is 10.2. The molecule has 0 fully saturated rings. The fraction of sp³-hybridized carbons (Fsp3) is 0.250. The van der Waals surface area contributed by atoms with E-state index in [4.69, 9.17) is 9.97 Å². The molecule has 0 spiro atoms. The highest BCUT2D eigenvalue weighted by molar-refractivity contribution is 6.78. The summed E-state index contributed by atoms with van der Waals surface area (Å²) in [5, 5.41) is -0.188. The van der Waals surface area contributed by atoms with Crippen LogP contribution in [0.2, 0.25) is 18.1 Å². The van der Waals surface area contributed by atoms with Crippen LogP contribution in [0.1, 0.15) is 20.8 Å². The first kappa shape index (κ1) is 19.2. The summed E-state index contributed by atoms with van der Waals surface area (Å²) in [6, 6.07) is 15.4. The van der Waals surface area contributed by atoms with Crippen molar-refractivity contribution >= 4 is 52.6 Å². The van der Waals surface area contributed by atoms with Crippen LogP contribution in [0.3, 0.4) is 0 Å². The van der Waals surface area contributed by atoms with Gasteiger partial charge in [-0.2, -0.15) is 0 Å². The summed E-state index contributed by atoms with van der Waals surface area (Å²) >= 11 is 0. The fourth-order valence-electron chi connectivity index (χ4n) is 4.56. The molecule has 0 bridgehead atoms. The van der Waals surface area contributed by atoms with Crippen LogP contribution in [0.5, 0.6) is 0 Å². The van der Waals surface area contributed by atoms with E-state index in [1.54, 1.807) is 4.23 Å². The standard InChI is InChI=1S/C24H23N5O2Si/c1-24(2,3)32(4,5)29-22(30)18-19(23(29)31)28-17-13-9-7-11-15(17)26-21(28)20-25-14-10-6-8-12-16(14)27(18)20/h6-13H,1-5H3. The van der Waals surface area contributed by atoms with E-state index in [1.165, 1.54) is 0 Å². The Morgan fingerprint density at radius 3 is 1.53 bits per heavy atom. The SMILES string of the molecule is CC(C)(C)[Si](C)(C)n1c(=O)c2c(c1=O)n1c3ccccc3nc1c1nc3ccccc3n12. The van der Waals surface area contributed by atoms with Gasteiger partial charge in [-0.3, -0.25) is 18.4 Å². The molecule has 0 saturated heterocycles. The molecule has 0 radical (unpaired) electrons. The number of fused-ring (bicyclic) bond motifs is 10. The minimum Gasteiger partial charge on any atom is -0.301 e. The van der Waals surface area contributed by atoms with Gasteiger partial charge in [0, 0.05) is 0 Å². The number of imidazole rings is 2. The number of benzene rings is 2. The molecule has 0 aliphatic carbocycles. The first-order valence-corrected chi connectivity index (χ1v) is 13.7. The van der Waals surface area contributed by atoms with E-state index in [2.05, 4.69) is 33.9 Å². The Labute approximate surface area is 184 Å². The number of para-hydroxylation sites is 4. The van der Waals surface area contributed by atoms with Crippen LogP contribution in [-0.2, 0) is 0 Å². The molecule has 32 heavy (non-hydrogen) atoms. The molecule has 7 nitrogen and oxygen atoms in total. The van der Waals surface area contributed by atoms with Gasteiger partial charge >= 0.3 is 0 Å². The number of aromatic nitrogens is 5. The quantitative estimate of drug-likeness (QED) is 0.358. The molecule has 0 aliphatic heterocycles. The number of hydrogen-bond acceptors (Lipinski definition) is 4. The maximum Gasteiger partial charge on any atom is 0.272 e. The Bertz CT molecular complexity index is 1710. The Balaban J connectivity index is 2.01. The van der Waals surface area contributed by atoms with Crippen molar-refractivity contribution in [1.82, 2.24) is 23.0 Å². The molecule has 160 valence electrons. The molecule has 4 aromatic heterocycles. The summed E-state index contributed by atoms with van der Waals surface area (Å²) in [7, 11) is -2.50. The van der Waals surface area contributed by atoms with Crippen molar-refractivity contribution in [3.8, 4) is 0 Å². The predicted molar refractivity (Wildman–Crippen MR) is 131 cm³/mol. The molecule has 8 heteroatoms. The first-order chi connectivity index (χ1) is 15.1. The van der Waals surface area contributed by atoms with Crippen LogP contribution in [-0.4, -0.2) is 31.2 Å². The van der Waals surface area contributed by atoms with Gasteiger partial charge < -0.3 is 4.23 Å². The molecule has 0 atom stereocenters. The lowest BCUT2D eigenvalue weighted by molar-refractivity contribution is 0.693. The van der Waals surface area contributed by atoms with Crippen molar-refractivity contribution in [1.29, 1.82) is 0 Å². The van der Waals surface area contributed by atoms with Gasteiger partial charge in [-0.05, 0) is 29.3 Å². The minimum atomic E-state index is -2.50. The lowest BCUT2D eigenvalue weighted by Crippen LogP contribution is -2.54. The van der Waals surface area contributed by atoms with E-state index in [1.807, 2.05) is 57.3 Å². The molecule has 0 amide bonds. The number of hydrogen-bond donors (Lipinski definition) is 0. The molecule has 0 saturated carbocycles. The molecule has 6 aromatic rings. The minimum absolute atomic E-state index is 0.188. The summed E-state index contributed by atoms with van der Waals surface area (Å²) < 4.78 is 5.22. The number of rotatable bonds is 1. The zero-order chi connectivity index (χ0) is 22.6. The van der Waals surface area contributed by atoms with Crippen molar-refractivity contribution in [3.05, 3.63) is 69.2 Å². The molecule has 0 unspecified atom stereocenters. The molecular weight excluding hydrogens is 418 g/mol. The van der Waals surface area contributed by atoms with Gasteiger partial charge in [0.1, 0.15) is 11.0 Å². The molecule has 4 heterocycles. The van der Waals surface area contributed by atoms with Crippen molar-refractivity contribution in [3.63, 3.8) is 0 Å². The molecule has 2 aromatic carbocycles. The second-order valence-electron chi connectivity index (χ2n) is 9.97. The average Bonchev–Trinajstić information content (AvgIpc) is 3.37. The third-order valence-corrected chi connectivity index (χ3v) is 12.4. The number of nitrogens with zero attached hydrogens (tertiary/aromatic N) is 5. The summed E-state index contributed by atoms with van der Waals surface area (Å²) in [5.74, 6) is 0. The molecule has 0 N–H and O–H groups in total. The fourth-order valence-corrected chi connectivity index (χ4v) is 6.46.